The van der Waals surface area contributed by atoms with Crippen LogP contribution in [0.3, 0.4) is 0 Å². The van der Waals surface area contributed by atoms with Crippen molar-refractivity contribution in [2.75, 3.05) is 5.32 Å². The van der Waals surface area contributed by atoms with Crippen LogP contribution in [0.4, 0.5) is 28.0 Å². The highest BCUT2D eigenvalue weighted by Gasteiger charge is 2.38. The summed E-state index contributed by atoms with van der Waals surface area (Å²) in [6, 6.07) is -0.148. The van der Waals surface area contributed by atoms with Crippen molar-refractivity contribution in [1.29, 1.82) is 0 Å². The van der Waals surface area contributed by atoms with Crippen molar-refractivity contribution in [3.8, 4) is 0 Å². The summed E-state index contributed by atoms with van der Waals surface area (Å²) >= 11 is 0.699. The lowest BCUT2D eigenvalue weighted by molar-refractivity contribution is -0.141. The van der Waals surface area contributed by atoms with Gasteiger partial charge in [0.05, 0.1) is 11.3 Å². The van der Waals surface area contributed by atoms with E-state index in [0.717, 1.165) is 6.07 Å². The third-order valence-electron chi connectivity index (χ3n) is 4.76. The Morgan fingerprint density at radius 2 is 2.03 bits per heavy atom. The minimum atomic E-state index is -4.70. The molecule has 0 saturated carbocycles. The summed E-state index contributed by atoms with van der Waals surface area (Å²) in [5.41, 5.74) is -1.87. The third-order valence-corrected chi connectivity index (χ3v) is 7.50. The summed E-state index contributed by atoms with van der Waals surface area (Å²) in [4.78, 5) is 16.4. The Kier molecular flexibility index (Phi) is 6.45. The number of aromatic nitrogens is 1. The Bertz CT molecular complexity index is 1110. The molecule has 0 radical (unpaired) electrons. The zero-order chi connectivity index (χ0) is 23.1. The van der Waals surface area contributed by atoms with Crippen molar-refractivity contribution in [3.63, 3.8) is 0 Å². The third kappa shape index (κ3) is 4.90. The number of hydrogen-bond acceptors (Lipinski definition) is 6. The minimum Gasteiger partial charge on any atom is -0.439 e. The van der Waals surface area contributed by atoms with Gasteiger partial charge in [-0.1, -0.05) is 6.92 Å². The Labute approximate surface area is 181 Å². The summed E-state index contributed by atoms with van der Waals surface area (Å²) in [5, 5.41) is 12.3. The number of aryl methyl sites for hydroxylation is 1. The molecule has 1 aliphatic rings. The van der Waals surface area contributed by atoms with Crippen molar-refractivity contribution < 1.29 is 31.7 Å². The molecule has 2 heterocycles. The molecule has 0 unspecified atom stereocenters. The van der Waals surface area contributed by atoms with E-state index >= 15 is 0 Å². The van der Waals surface area contributed by atoms with E-state index < -0.39 is 39.9 Å². The van der Waals surface area contributed by atoms with E-state index in [0.29, 0.717) is 36.2 Å². The summed E-state index contributed by atoms with van der Waals surface area (Å²) in [7, 11) is -2.43. The van der Waals surface area contributed by atoms with Crippen LogP contribution in [0.5, 0.6) is 0 Å². The first kappa shape index (κ1) is 23.6. The van der Waals surface area contributed by atoms with Gasteiger partial charge in [-0.05, 0) is 55.4 Å². The molecule has 2 aromatic rings. The first-order valence-corrected chi connectivity index (χ1v) is 11.3. The molecule has 0 spiro atoms. The molecule has 0 saturated heterocycles. The number of thiophene rings is 1. The van der Waals surface area contributed by atoms with E-state index in [9.17, 15) is 31.7 Å². The van der Waals surface area contributed by atoms with E-state index in [2.05, 4.69) is 14.7 Å². The standard InChI is InChI=1S/C19H20F4N3O3S2/c1-4-9-14(10-6-5-7-12(10)24-15(9)19(21,22)23)25-17(27)26-31(29)16-11(20)8-13(30-16)18(2,3)28/h8,28H,4-7H2,1-3H3,(H,24,25,27)/q-1. The molecule has 2 aromatic heterocycles. The van der Waals surface area contributed by atoms with E-state index in [1.165, 1.54) is 20.8 Å². The van der Waals surface area contributed by atoms with Crippen molar-refractivity contribution in [1.82, 2.24) is 4.98 Å². The predicted molar refractivity (Wildman–Crippen MR) is 108 cm³/mol. The van der Waals surface area contributed by atoms with Crippen LogP contribution in [0.2, 0.25) is 0 Å². The van der Waals surface area contributed by atoms with Crippen LogP contribution in [-0.4, -0.2) is 16.1 Å². The number of carbonyl (C=O) groups is 1. The fraction of sp³-hybridized carbons (Fsp3) is 0.474. The van der Waals surface area contributed by atoms with Gasteiger partial charge in [0.2, 0.25) is 0 Å². The number of nitrogens with zero attached hydrogens (tertiary/aromatic N) is 2. The number of rotatable bonds is 4. The zero-order valence-corrected chi connectivity index (χ0v) is 18.5. The number of carbonyl (C=O) groups excluding carboxylic acids is 1. The maximum absolute atomic E-state index is 14.1. The number of amides is 2. The highest BCUT2D eigenvalue weighted by atomic mass is 32.2. The maximum Gasteiger partial charge on any atom is 0.433 e. The number of fused-ring (bicyclic) bond motifs is 1. The summed E-state index contributed by atoms with van der Waals surface area (Å²) < 4.78 is 70.0. The van der Waals surface area contributed by atoms with Gasteiger partial charge in [0.25, 0.3) is 0 Å². The molecule has 0 bridgehead atoms. The van der Waals surface area contributed by atoms with Crippen LogP contribution in [0.15, 0.2) is 14.6 Å². The van der Waals surface area contributed by atoms with Gasteiger partial charge < -0.3 is 19.0 Å². The van der Waals surface area contributed by atoms with Crippen LogP contribution in [0.25, 0.3) is 0 Å². The van der Waals surface area contributed by atoms with E-state index in [-0.39, 0.29) is 32.5 Å². The topological polar surface area (TPSA) is 91.7 Å². The van der Waals surface area contributed by atoms with Crippen molar-refractivity contribution in [2.24, 2.45) is 4.36 Å². The Balaban J connectivity index is 1.98. The number of hydrogen-bond donors (Lipinski definition) is 2. The summed E-state index contributed by atoms with van der Waals surface area (Å²) in [5.74, 6) is -0.893. The molecule has 6 nitrogen and oxygen atoms in total. The number of anilines is 1. The number of halogens is 4. The molecular formula is C19H20F4N3O3S2-. The molecule has 3 rings (SSSR count). The highest BCUT2D eigenvalue weighted by molar-refractivity contribution is 7.78. The Hall–Kier alpha value is -2.05. The zero-order valence-electron chi connectivity index (χ0n) is 16.9. The fourth-order valence-electron chi connectivity index (χ4n) is 3.37. The second-order valence-electron chi connectivity index (χ2n) is 7.52. The van der Waals surface area contributed by atoms with Gasteiger partial charge in [-0.25, -0.2) is 14.2 Å². The van der Waals surface area contributed by atoms with E-state index in [4.69, 9.17) is 0 Å². The monoisotopic (exact) mass is 478 g/mol. The Morgan fingerprint density at radius 3 is 2.58 bits per heavy atom. The second kappa shape index (κ2) is 8.47. The SMILES string of the molecule is CCc1c(C(F)(F)F)nc2c(c1NC(=O)N=[S-](=O)c1sc(C(C)(C)O)cc1F)CCC2. The van der Waals surface area contributed by atoms with Gasteiger partial charge in [0, 0.05) is 16.1 Å². The van der Waals surface area contributed by atoms with Crippen LogP contribution < -0.4 is 5.32 Å². The van der Waals surface area contributed by atoms with Crippen LogP contribution in [0.1, 0.15) is 54.6 Å². The smallest absolute Gasteiger partial charge is 0.433 e. The van der Waals surface area contributed by atoms with Crippen molar-refractivity contribution in [3.05, 3.63) is 39.3 Å². The van der Waals surface area contributed by atoms with Gasteiger partial charge in [0.1, 0.15) is 11.5 Å². The lowest BCUT2D eigenvalue weighted by Gasteiger charge is -2.19. The molecular weight excluding hydrogens is 458 g/mol. The average Bonchev–Trinajstić information content (AvgIpc) is 3.26. The van der Waals surface area contributed by atoms with Crippen molar-refractivity contribution >= 4 is 33.7 Å². The minimum absolute atomic E-state index is 0.0214. The average molecular weight is 479 g/mol. The van der Waals surface area contributed by atoms with Gasteiger partial charge in [-0.2, -0.15) is 24.5 Å². The van der Waals surface area contributed by atoms with Gasteiger partial charge >= 0.3 is 12.2 Å². The largest absolute Gasteiger partial charge is 0.439 e. The molecule has 0 aromatic carbocycles. The van der Waals surface area contributed by atoms with Crippen LogP contribution >= 0.6 is 11.3 Å². The first-order chi connectivity index (χ1) is 14.3. The van der Waals surface area contributed by atoms with Gasteiger partial charge in [-0.15, -0.1) is 10.6 Å². The van der Waals surface area contributed by atoms with Crippen molar-refractivity contribution in [2.45, 2.75) is 62.4 Å². The molecule has 31 heavy (non-hydrogen) atoms. The molecule has 12 heteroatoms. The molecule has 2 N–H and O–H groups in total. The lowest BCUT2D eigenvalue weighted by atomic mass is 10.0. The highest BCUT2D eigenvalue weighted by Crippen LogP contribution is 2.39. The quantitative estimate of drug-likeness (QED) is 0.460. The fourth-order valence-corrected chi connectivity index (χ4v) is 5.31. The summed E-state index contributed by atoms with van der Waals surface area (Å²) in [6.45, 7) is 4.35. The van der Waals surface area contributed by atoms with Gasteiger partial charge in [-0.3, -0.25) is 0 Å². The van der Waals surface area contributed by atoms with Crippen LogP contribution in [-0.2, 0) is 45.8 Å². The van der Waals surface area contributed by atoms with E-state index in [1.807, 2.05) is 0 Å². The second-order valence-corrected chi connectivity index (χ2v) is 9.92. The number of pyridine rings is 1. The van der Waals surface area contributed by atoms with Gasteiger partial charge in [0.15, 0.2) is 0 Å². The molecule has 1 aliphatic carbocycles. The predicted octanol–water partition coefficient (Wildman–Crippen LogP) is 5.32. The number of alkyl halides is 3. The molecule has 0 atom stereocenters. The number of aliphatic hydroxyl groups is 1. The number of urea groups is 1. The normalized spacial score (nSPS) is 15.2. The number of nitrogens with one attached hydrogen (secondary N) is 1. The van der Waals surface area contributed by atoms with Crippen LogP contribution in [0, 0.1) is 5.82 Å². The Morgan fingerprint density at radius 1 is 1.35 bits per heavy atom. The molecule has 0 fully saturated rings. The molecule has 170 valence electrons. The molecule has 0 aliphatic heterocycles. The summed E-state index contributed by atoms with van der Waals surface area (Å²) in [6.07, 6.45) is -3.34. The first-order valence-electron chi connectivity index (χ1n) is 9.41. The lowest BCUT2D eigenvalue weighted by Crippen LogP contribution is -2.19. The maximum atomic E-state index is 14.1. The van der Waals surface area contributed by atoms with E-state index in [1.54, 1.807) is 0 Å². The molecule has 2 amide bonds.